The molecule has 0 spiro atoms. The lowest BCUT2D eigenvalue weighted by Crippen LogP contribution is -2.32. The van der Waals surface area contributed by atoms with E-state index in [1.54, 1.807) is 18.5 Å². The molecule has 1 fully saturated rings. The van der Waals surface area contributed by atoms with Crippen molar-refractivity contribution < 1.29 is 9.21 Å². The van der Waals surface area contributed by atoms with E-state index >= 15 is 0 Å². The van der Waals surface area contributed by atoms with Crippen LogP contribution in [0.5, 0.6) is 0 Å². The Morgan fingerprint density at radius 2 is 2.12 bits per heavy atom. The second-order valence-electron chi connectivity index (χ2n) is 6.46. The smallest absolute Gasteiger partial charge is 0.319 e. The van der Waals surface area contributed by atoms with Gasteiger partial charge in [0.1, 0.15) is 5.52 Å². The SMILES string of the molecule is C=CC[C@@H](NC(=O)Nc1ccc2oc(C3CC3)nc2c1)c1ccncc1. The molecule has 0 unspecified atom stereocenters. The average molecular weight is 348 g/mol. The molecule has 2 N–H and O–H groups in total. The van der Waals surface area contributed by atoms with Gasteiger partial charge >= 0.3 is 6.03 Å². The van der Waals surface area contributed by atoms with Crippen LogP contribution >= 0.6 is 0 Å². The molecule has 1 saturated carbocycles. The molecule has 4 rings (SSSR count). The summed E-state index contributed by atoms with van der Waals surface area (Å²) in [5.74, 6) is 1.26. The van der Waals surface area contributed by atoms with Crippen molar-refractivity contribution in [2.24, 2.45) is 0 Å². The van der Waals surface area contributed by atoms with Crippen LogP contribution in [0.15, 0.2) is 59.8 Å². The van der Waals surface area contributed by atoms with Crippen LogP contribution in [0.1, 0.15) is 42.7 Å². The molecule has 6 nitrogen and oxygen atoms in total. The molecule has 6 heteroatoms. The molecule has 0 aliphatic heterocycles. The first-order valence-corrected chi connectivity index (χ1v) is 8.72. The summed E-state index contributed by atoms with van der Waals surface area (Å²) in [4.78, 5) is 20.9. The lowest BCUT2D eigenvalue weighted by Gasteiger charge is -2.18. The van der Waals surface area contributed by atoms with Crippen LogP contribution in [0.4, 0.5) is 10.5 Å². The van der Waals surface area contributed by atoms with Crippen LogP contribution in [-0.2, 0) is 0 Å². The predicted octanol–water partition coefficient (Wildman–Crippen LogP) is 4.54. The largest absolute Gasteiger partial charge is 0.440 e. The maximum absolute atomic E-state index is 12.4. The van der Waals surface area contributed by atoms with Crippen molar-refractivity contribution in [1.29, 1.82) is 0 Å². The summed E-state index contributed by atoms with van der Waals surface area (Å²) in [6.07, 6.45) is 8.11. The van der Waals surface area contributed by atoms with E-state index in [0.717, 1.165) is 35.4 Å². The van der Waals surface area contributed by atoms with Crippen LogP contribution in [-0.4, -0.2) is 16.0 Å². The summed E-state index contributed by atoms with van der Waals surface area (Å²) in [7, 11) is 0. The fourth-order valence-corrected chi connectivity index (χ4v) is 2.89. The third-order valence-corrected chi connectivity index (χ3v) is 4.40. The summed E-state index contributed by atoms with van der Waals surface area (Å²) in [5.41, 5.74) is 3.18. The van der Waals surface area contributed by atoms with E-state index < -0.39 is 0 Å². The fraction of sp³-hybridized carbons (Fsp3) is 0.250. The number of pyridine rings is 1. The first-order chi connectivity index (χ1) is 12.7. The molecule has 1 aliphatic carbocycles. The van der Waals surface area contributed by atoms with E-state index in [-0.39, 0.29) is 12.1 Å². The Labute approximate surface area is 151 Å². The van der Waals surface area contributed by atoms with E-state index in [1.807, 2.05) is 30.3 Å². The number of nitrogens with zero attached hydrogens (tertiary/aromatic N) is 2. The lowest BCUT2D eigenvalue weighted by atomic mass is 10.1. The van der Waals surface area contributed by atoms with Gasteiger partial charge in [0.15, 0.2) is 11.5 Å². The highest BCUT2D eigenvalue weighted by molar-refractivity contribution is 5.91. The number of oxazole rings is 1. The maximum Gasteiger partial charge on any atom is 0.319 e. The second kappa shape index (κ2) is 7.00. The average Bonchev–Trinajstić information content (AvgIpc) is 3.41. The Kier molecular flexibility index (Phi) is 4.39. The molecule has 2 amide bonds. The van der Waals surface area contributed by atoms with E-state index in [1.165, 1.54) is 0 Å². The molecular weight excluding hydrogens is 328 g/mol. The zero-order valence-corrected chi connectivity index (χ0v) is 14.3. The number of hydrogen-bond donors (Lipinski definition) is 2. The highest BCUT2D eigenvalue weighted by Gasteiger charge is 2.28. The third kappa shape index (κ3) is 3.59. The minimum atomic E-state index is -0.279. The van der Waals surface area contributed by atoms with E-state index in [0.29, 0.717) is 18.0 Å². The molecular formula is C20H20N4O2. The van der Waals surface area contributed by atoms with Crippen LogP contribution < -0.4 is 10.6 Å². The van der Waals surface area contributed by atoms with Gasteiger partial charge < -0.3 is 15.1 Å². The Hall–Kier alpha value is -3.15. The van der Waals surface area contributed by atoms with Gasteiger partial charge in [0.2, 0.25) is 0 Å². The summed E-state index contributed by atoms with van der Waals surface area (Å²) in [6.45, 7) is 3.77. The number of rotatable bonds is 6. The van der Waals surface area contributed by atoms with Gasteiger partial charge in [-0.25, -0.2) is 9.78 Å². The fourth-order valence-electron chi connectivity index (χ4n) is 2.89. The third-order valence-electron chi connectivity index (χ3n) is 4.40. The van der Waals surface area contributed by atoms with Crippen molar-refractivity contribution in [1.82, 2.24) is 15.3 Å². The molecule has 1 aromatic carbocycles. The molecule has 0 radical (unpaired) electrons. The number of benzene rings is 1. The van der Waals surface area contributed by atoms with Gasteiger partial charge in [0.05, 0.1) is 6.04 Å². The summed E-state index contributed by atoms with van der Waals surface area (Å²) in [6, 6.07) is 8.82. The van der Waals surface area contributed by atoms with Crippen molar-refractivity contribution in [3.05, 3.63) is 66.8 Å². The normalized spacial score (nSPS) is 14.8. The molecule has 0 saturated heterocycles. The van der Waals surface area contributed by atoms with Gasteiger partial charge in [0.25, 0.3) is 0 Å². The van der Waals surface area contributed by atoms with Gasteiger partial charge in [-0.2, -0.15) is 0 Å². The van der Waals surface area contributed by atoms with E-state index in [2.05, 4.69) is 27.2 Å². The van der Waals surface area contributed by atoms with Gasteiger partial charge in [-0.05, 0) is 55.2 Å². The Bertz CT molecular complexity index is 931. The van der Waals surface area contributed by atoms with Crippen molar-refractivity contribution in [3.8, 4) is 0 Å². The standard InChI is InChI=1S/C20H20N4O2/c1-2-3-16(13-8-10-21-11-9-13)24-20(25)22-15-6-7-18-17(12-15)23-19(26-18)14-4-5-14/h2,6-12,14,16H,1,3-5H2,(H2,22,24,25)/t16-/m1/s1. The van der Waals surface area contributed by atoms with Crippen LogP contribution in [0, 0.1) is 0 Å². The Morgan fingerprint density at radius 3 is 2.85 bits per heavy atom. The Morgan fingerprint density at radius 1 is 1.31 bits per heavy atom. The number of aromatic nitrogens is 2. The van der Waals surface area contributed by atoms with Crippen molar-refractivity contribution in [2.45, 2.75) is 31.2 Å². The number of nitrogens with one attached hydrogen (secondary N) is 2. The first-order valence-electron chi connectivity index (χ1n) is 8.72. The van der Waals surface area contributed by atoms with Crippen molar-refractivity contribution in [3.63, 3.8) is 0 Å². The van der Waals surface area contributed by atoms with Gasteiger partial charge in [-0.1, -0.05) is 6.08 Å². The maximum atomic E-state index is 12.4. The molecule has 26 heavy (non-hydrogen) atoms. The number of fused-ring (bicyclic) bond motifs is 1. The predicted molar refractivity (Wildman–Crippen MR) is 99.9 cm³/mol. The topological polar surface area (TPSA) is 80.0 Å². The summed E-state index contributed by atoms with van der Waals surface area (Å²) in [5, 5.41) is 5.84. The quantitative estimate of drug-likeness (QED) is 0.641. The monoisotopic (exact) mass is 348 g/mol. The van der Waals surface area contributed by atoms with Crippen molar-refractivity contribution in [2.75, 3.05) is 5.32 Å². The number of hydrogen-bond acceptors (Lipinski definition) is 4. The lowest BCUT2D eigenvalue weighted by molar-refractivity contribution is 0.248. The number of anilines is 1. The molecule has 132 valence electrons. The van der Waals surface area contributed by atoms with Gasteiger partial charge in [-0.3, -0.25) is 4.98 Å². The zero-order valence-electron chi connectivity index (χ0n) is 14.3. The Balaban J connectivity index is 1.46. The van der Waals surface area contributed by atoms with E-state index in [9.17, 15) is 4.79 Å². The number of carbonyl (C=O) groups excluding carboxylic acids is 1. The van der Waals surface area contributed by atoms with Gasteiger partial charge in [0, 0.05) is 24.0 Å². The highest BCUT2D eigenvalue weighted by Crippen LogP contribution is 2.40. The second-order valence-corrected chi connectivity index (χ2v) is 6.46. The van der Waals surface area contributed by atoms with Crippen molar-refractivity contribution >= 4 is 22.8 Å². The molecule has 3 aromatic rings. The first kappa shape index (κ1) is 16.3. The molecule has 1 aliphatic rings. The highest BCUT2D eigenvalue weighted by atomic mass is 16.3. The molecule has 0 bridgehead atoms. The van der Waals surface area contributed by atoms with Crippen LogP contribution in [0.2, 0.25) is 0 Å². The zero-order chi connectivity index (χ0) is 17.9. The summed E-state index contributed by atoms with van der Waals surface area (Å²) >= 11 is 0. The van der Waals surface area contributed by atoms with Crippen LogP contribution in [0.25, 0.3) is 11.1 Å². The number of urea groups is 1. The molecule has 2 aromatic heterocycles. The number of carbonyl (C=O) groups is 1. The number of amides is 2. The van der Waals surface area contributed by atoms with Gasteiger partial charge in [-0.15, -0.1) is 6.58 Å². The molecule has 2 heterocycles. The summed E-state index contributed by atoms with van der Waals surface area (Å²) < 4.78 is 5.75. The van der Waals surface area contributed by atoms with Crippen LogP contribution in [0.3, 0.4) is 0 Å². The van der Waals surface area contributed by atoms with E-state index in [4.69, 9.17) is 4.42 Å². The minimum absolute atomic E-state index is 0.159. The minimum Gasteiger partial charge on any atom is -0.440 e. The molecule has 1 atom stereocenters.